The summed E-state index contributed by atoms with van der Waals surface area (Å²) in [5.74, 6) is -0.142. The van der Waals surface area contributed by atoms with Gasteiger partial charge in [0.1, 0.15) is 0 Å². The van der Waals surface area contributed by atoms with E-state index in [1.54, 1.807) is 0 Å². The molecule has 0 unspecified atom stereocenters. The molecule has 0 atom stereocenters. The van der Waals surface area contributed by atoms with Gasteiger partial charge in [0.05, 0.1) is 18.9 Å². The highest BCUT2D eigenvalue weighted by molar-refractivity contribution is 5.14. The molecular formula is C12H20N2O2. The van der Waals surface area contributed by atoms with Crippen LogP contribution in [0.5, 0.6) is 0 Å². The van der Waals surface area contributed by atoms with Crippen molar-refractivity contribution in [3.8, 4) is 0 Å². The molecule has 90 valence electrons. The lowest BCUT2D eigenvalue weighted by atomic mass is 10.1. The van der Waals surface area contributed by atoms with Gasteiger partial charge in [-0.2, -0.15) is 5.10 Å². The van der Waals surface area contributed by atoms with Crippen molar-refractivity contribution in [1.82, 2.24) is 9.78 Å². The minimum absolute atomic E-state index is 0.300. The maximum absolute atomic E-state index is 5.68. The van der Waals surface area contributed by atoms with Gasteiger partial charge in [-0.05, 0) is 33.8 Å². The molecule has 0 spiro atoms. The van der Waals surface area contributed by atoms with Crippen LogP contribution < -0.4 is 0 Å². The SMILES string of the molecule is CCn1nc(C)cc1C1COC(C)(C)OC1. The number of hydrogen-bond donors (Lipinski definition) is 0. The summed E-state index contributed by atoms with van der Waals surface area (Å²) in [4.78, 5) is 0. The van der Waals surface area contributed by atoms with Crippen molar-refractivity contribution < 1.29 is 9.47 Å². The van der Waals surface area contributed by atoms with Crippen LogP contribution in [0.2, 0.25) is 0 Å². The zero-order chi connectivity index (χ0) is 11.8. The number of aromatic nitrogens is 2. The van der Waals surface area contributed by atoms with Crippen molar-refractivity contribution in [2.75, 3.05) is 13.2 Å². The van der Waals surface area contributed by atoms with Gasteiger partial charge in [-0.1, -0.05) is 0 Å². The van der Waals surface area contributed by atoms with Gasteiger partial charge >= 0.3 is 0 Å². The Balaban J connectivity index is 2.13. The van der Waals surface area contributed by atoms with Crippen LogP contribution in [-0.2, 0) is 16.0 Å². The second-order valence-corrected chi connectivity index (χ2v) is 4.75. The highest BCUT2D eigenvalue weighted by Crippen LogP contribution is 2.27. The Hall–Kier alpha value is -0.870. The summed E-state index contributed by atoms with van der Waals surface area (Å²) in [6.07, 6.45) is 0. The molecule has 1 aromatic heterocycles. The molecule has 16 heavy (non-hydrogen) atoms. The highest BCUT2D eigenvalue weighted by Gasteiger charge is 2.30. The second kappa shape index (κ2) is 4.18. The van der Waals surface area contributed by atoms with Gasteiger partial charge < -0.3 is 9.47 Å². The van der Waals surface area contributed by atoms with Gasteiger partial charge in [0.25, 0.3) is 0 Å². The fourth-order valence-electron chi connectivity index (χ4n) is 2.01. The Kier molecular flexibility index (Phi) is 3.04. The second-order valence-electron chi connectivity index (χ2n) is 4.75. The van der Waals surface area contributed by atoms with Crippen molar-refractivity contribution in [2.24, 2.45) is 0 Å². The monoisotopic (exact) mass is 224 g/mol. The first kappa shape index (κ1) is 11.6. The third kappa shape index (κ3) is 2.28. The van der Waals surface area contributed by atoms with Crippen molar-refractivity contribution in [1.29, 1.82) is 0 Å². The van der Waals surface area contributed by atoms with Crippen LogP contribution in [0.15, 0.2) is 6.07 Å². The summed E-state index contributed by atoms with van der Waals surface area (Å²) in [7, 11) is 0. The number of nitrogens with zero attached hydrogens (tertiary/aromatic N) is 2. The molecule has 2 rings (SSSR count). The van der Waals surface area contributed by atoms with E-state index in [9.17, 15) is 0 Å². The van der Waals surface area contributed by atoms with E-state index in [0.29, 0.717) is 19.1 Å². The van der Waals surface area contributed by atoms with E-state index in [2.05, 4.69) is 18.1 Å². The molecule has 0 aromatic carbocycles. The summed E-state index contributed by atoms with van der Waals surface area (Å²) in [6, 6.07) is 2.12. The van der Waals surface area contributed by atoms with Crippen LogP contribution in [0.1, 0.15) is 38.1 Å². The van der Waals surface area contributed by atoms with Crippen molar-refractivity contribution >= 4 is 0 Å². The lowest BCUT2D eigenvalue weighted by molar-refractivity contribution is -0.251. The van der Waals surface area contributed by atoms with Gasteiger partial charge in [-0.15, -0.1) is 0 Å². The molecule has 0 saturated carbocycles. The fourth-order valence-corrected chi connectivity index (χ4v) is 2.01. The zero-order valence-corrected chi connectivity index (χ0v) is 10.5. The van der Waals surface area contributed by atoms with Crippen LogP contribution in [0.3, 0.4) is 0 Å². The van der Waals surface area contributed by atoms with E-state index in [4.69, 9.17) is 9.47 Å². The van der Waals surface area contributed by atoms with E-state index in [-0.39, 0.29) is 0 Å². The maximum atomic E-state index is 5.68. The van der Waals surface area contributed by atoms with E-state index in [0.717, 1.165) is 12.2 Å². The van der Waals surface area contributed by atoms with E-state index < -0.39 is 5.79 Å². The third-order valence-corrected chi connectivity index (χ3v) is 2.92. The van der Waals surface area contributed by atoms with Crippen molar-refractivity contribution in [2.45, 2.75) is 45.9 Å². The number of ether oxygens (including phenoxy) is 2. The number of hydrogen-bond acceptors (Lipinski definition) is 3. The minimum Gasteiger partial charge on any atom is -0.350 e. The summed E-state index contributed by atoms with van der Waals surface area (Å²) in [6.45, 7) is 10.3. The predicted octanol–water partition coefficient (Wildman–Crippen LogP) is 2.08. The first-order valence-electron chi connectivity index (χ1n) is 5.84. The Morgan fingerprint density at radius 3 is 2.62 bits per heavy atom. The Labute approximate surface area is 96.5 Å². The average molecular weight is 224 g/mol. The lowest BCUT2D eigenvalue weighted by Crippen LogP contribution is -2.38. The van der Waals surface area contributed by atoms with Crippen molar-refractivity contribution in [3.05, 3.63) is 17.5 Å². The molecule has 4 heteroatoms. The molecule has 1 aliphatic heterocycles. The van der Waals surface area contributed by atoms with Crippen molar-refractivity contribution in [3.63, 3.8) is 0 Å². The number of aryl methyl sites for hydroxylation is 2. The zero-order valence-electron chi connectivity index (χ0n) is 10.5. The molecule has 1 aliphatic rings. The Bertz CT molecular complexity index is 361. The van der Waals surface area contributed by atoms with Crippen LogP contribution in [0, 0.1) is 6.92 Å². The van der Waals surface area contributed by atoms with Crippen LogP contribution in [0.25, 0.3) is 0 Å². The van der Waals surface area contributed by atoms with Gasteiger partial charge in [0, 0.05) is 18.2 Å². The molecule has 1 fully saturated rings. The predicted molar refractivity (Wildman–Crippen MR) is 61.4 cm³/mol. The fraction of sp³-hybridized carbons (Fsp3) is 0.750. The Morgan fingerprint density at radius 2 is 2.06 bits per heavy atom. The summed E-state index contributed by atoms with van der Waals surface area (Å²) < 4.78 is 13.4. The molecule has 0 amide bonds. The average Bonchev–Trinajstić information content (AvgIpc) is 2.59. The summed E-state index contributed by atoms with van der Waals surface area (Å²) in [5.41, 5.74) is 2.28. The first-order valence-corrected chi connectivity index (χ1v) is 5.84. The third-order valence-electron chi connectivity index (χ3n) is 2.92. The van der Waals surface area contributed by atoms with Crippen LogP contribution >= 0.6 is 0 Å². The van der Waals surface area contributed by atoms with Crippen LogP contribution in [0.4, 0.5) is 0 Å². The molecule has 2 heterocycles. The molecular weight excluding hydrogens is 204 g/mol. The van der Waals surface area contributed by atoms with Gasteiger partial charge in [0.2, 0.25) is 0 Å². The summed E-state index contributed by atoms with van der Waals surface area (Å²) in [5, 5.41) is 4.45. The van der Waals surface area contributed by atoms with Gasteiger partial charge in [0.15, 0.2) is 5.79 Å². The maximum Gasteiger partial charge on any atom is 0.162 e. The molecule has 0 radical (unpaired) electrons. The molecule has 4 nitrogen and oxygen atoms in total. The standard InChI is InChI=1S/C12H20N2O2/c1-5-14-11(6-9(2)13-14)10-7-15-12(3,4)16-8-10/h6,10H,5,7-8H2,1-4H3. The van der Waals surface area contributed by atoms with E-state index in [1.165, 1.54) is 5.69 Å². The molecule has 0 N–H and O–H groups in total. The first-order chi connectivity index (χ1) is 7.52. The van der Waals surface area contributed by atoms with E-state index in [1.807, 2.05) is 25.5 Å². The Morgan fingerprint density at radius 1 is 1.44 bits per heavy atom. The smallest absolute Gasteiger partial charge is 0.162 e. The van der Waals surface area contributed by atoms with Crippen LogP contribution in [-0.4, -0.2) is 28.8 Å². The summed E-state index contributed by atoms with van der Waals surface area (Å²) >= 11 is 0. The molecule has 1 saturated heterocycles. The molecule has 0 bridgehead atoms. The topological polar surface area (TPSA) is 36.3 Å². The van der Waals surface area contributed by atoms with E-state index >= 15 is 0 Å². The minimum atomic E-state index is -0.442. The highest BCUT2D eigenvalue weighted by atomic mass is 16.7. The largest absolute Gasteiger partial charge is 0.350 e. The number of rotatable bonds is 2. The normalized spacial score (nSPS) is 21.2. The van der Waals surface area contributed by atoms with Gasteiger partial charge in [-0.25, -0.2) is 0 Å². The van der Waals surface area contributed by atoms with Gasteiger partial charge in [-0.3, -0.25) is 4.68 Å². The molecule has 1 aromatic rings. The lowest BCUT2D eigenvalue weighted by Gasteiger charge is -2.35. The quantitative estimate of drug-likeness (QED) is 0.771. The molecule has 0 aliphatic carbocycles.